The average molecular weight is 843 g/mol. The Morgan fingerprint density at radius 2 is 0.879 bits per heavy atom. The minimum absolute atomic E-state index is 0.238. The first-order valence-corrected chi connectivity index (χ1v) is 22.7. The van der Waals surface area contributed by atoms with Gasteiger partial charge >= 0.3 is 0 Å². The Balaban J connectivity index is 0.883. The number of benzene rings is 10. The van der Waals surface area contributed by atoms with Crippen LogP contribution < -0.4 is 10.2 Å². The fraction of sp³-hybridized carbons (Fsp3) is 0.0323. The summed E-state index contributed by atoms with van der Waals surface area (Å²) in [6.45, 7) is 0. The van der Waals surface area contributed by atoms with E-state index >= 15 is 0 Å². The second-order valence-electron chi connectivity index (χ2n) is 17.4. The summed E-state index contributed by atoms with van der Waals surface area (Å²) in [5.74, 6) is 1.53. The first-order chi connectivity index (χ1) is 32.7. The molecule has 0 fully saturated rings. The van der Waals surface area contributed by atoms with Crippen molar-refractivity contribution in [1.82, 2.24) is 5.32 Å². The number of anilines is 3. The van der Waals surface area contributed by atoms with E-state index in [1.54, 1.807) is 0 Å². The number of nitrogens with one attached hydrogen (secondary N) is 1. The molecule has 1 unspecified atom stereocenters. The van der Waals surface area contributed by atoms with Gasteiger partial charge in [0.15, 0.2) is 5.84 Å². The van der Waals surface area contributed by atoms with Crippen LogP contribution in [0.2, 0.25) is 0 Å². The first kappa shape index (κ1) is 37.9. The van der Waals surface area contributed by atoms with Crippen molar-refractivity contribution in [3.05, 3.63) is 282 Å². The van der Waals surface area contributed by atoms with E-state index in [2.05, 4.69) is 229 Å². The van der Waals surface area contributed by atoms with Gasteiger partial charge in [-0.3, -0.25) is 0 Å². The van der Waals surface area contributed by atoms with Crippen LogP contribution in [0, 0.1) is 0 Å². The molecule has 4 heteroatoms. The summed E-state index contributed by atoms with van der Waals surface area (Å²) >= 11 is 0. The number of nitrogens with zero attached hydrogens (tertiary/aromatic N) is 3. The summed E-state index contributed by atoms with van der Waals surface area (Å²) in [5, 5.41) is 6.05. The van der Waals surface area contributed by atoms with Crippen molar-refractivity contribution in [3.8, 4) is 33.4 Å². The van der Waals surface area contributed by atoms with Crippen molar-refractivity contribution in [2.75, 3.05) is 4.90 Å². The molecular weight excluding hydrogens is 801 g/mol. The molecule has 66 heavy (non-hydrogen) atoms. The normalized spacial score (nSPS) is 15.2. The minimum Gasteiger partial charge on any atom is -0.344 e. The average Bonchev–Trinajstić information content (AvgIpc) is 3.67. The van der Waals surface area contributed by atoms with Gasteiger partial charge in [-0.1, -0.05) is 200 Å². The zero-order valence-corrected chi connectivity index (χ0v) is 36.0. The van der Waals surface area contributed by atoms with Crippen LogP contribution in [-0.2, 0) is 5.41 Å². The molecule has 2 heterocycles. The summed E-state index contributed by atoms with van der Waals surface area (Å²) in [5.41, 5.74) is 18.6. The van der Waals surface area contributed by atoms with Crippen molar-refractivity contribution in [2.45, 2.75) is 11.6 Å². The van der Waals surface area contributed by atoms with Crippen molar-refractivity contribution in [3.63, 3.8) is 0 Å². The van der Waals surface area contributed by atoms with Crippen molar-refractivity contribution < 1.29 is 0 Å². The molecule has 1 N–H and O–H groups in total. The third-order valence-electron chi connectivity index (χ3n) is 13.7. The fourth-order valence-corrected chi connectivity index (χ4v) is 10.7. The topological polar surface area (TPSA) is 40.0 Å². The standard InChI is InChI=1S/C62H42N4/c1-4-16-44(17-5-1)59-63-60(45-18-6-2-7-19-45)65-61(64-59)46-34-32-42(33-35-46)41-28-30-43(31-29-41)49-36-37-53-51(39-49)52-38-47-20-10-11-21-48(47)40-56(52)62(53)54-24-12-14-26-57(54)66(50-22-8-3-9-23-50)58-27-15-13-25-55(58)62/h1-40,59H,(H,63,64,65). The van der Waals surface area contributed by atoms with Crippen molar-refractivity contribution in [2.24, 2.45) is 9.98 Å². The monoisotopic (exact) mass is 842 g/mol. The zero-order chi connectivity index (χ0) is 43.6. The maximum absolute atomic E-state index is 5.08. The molecule has 10 aromatic carbocycles. The first-order valence-electron chi connectivity index (χ1n) is 22.7. The third-order valence-corrected chi connectivity index (χ3v) is 13.7. The van der Waals surface area contributed by atoms with Crippen LogP contribution in [0.1, 0.15) is 45.1 Å². The van der Waals surface area contributed by atoms with Gasteiger partial charge in [-0.05, 0) is 114 Å². The Morgan fingerprint density at radius 1 is 0.379 bits per heavy atom. The van der Waals surface area contributed by atoms with E-state index in [4.69, 9.17) is 9.98 Å². The molecule has 0 bridgehead atoms. The summed E-state index contributed by atoms with van der Waals surface area (Å²) in [7, 11) is 0. The largest absolute Gasteiger partial charge is 0.344 e. The highest BCUT2D eigenvalue weighted by molar-refractivity contribution is 6.13. The Morgan fingerprint density at radius 3 is 1.53 bits per heavy atom. The van der Waals surface area contributed by atoms with E-state index < -0.39 is 5.41 Å². The molecular formula is C62H42N4. The number of amidine groups is 2. The van der Waals surface area contributed by atoms with E-state index in [0.29, 0.717) is 5.84 Å². The van der Waals surface area contributed by atoms with Crippen LogP contribution in [0.15, 0.2) is 253 Å². The lowest BCUT2D eigenvalue weighted by atomic mass is 9.64. The van der Waals surface area contributed by atoms with E-state index in [0.717, 1.165) is 39.3 Å². The summed E-state index contributed by atoms with van der Waals surface area (Å²) < 4.78 is 0. The predicted octanol–water partition coefficient (Wildman–Crippen LogP) is 14.8. The fourth-order valence-electron chi connectivity index (χ4n) is 10.7. The van der Waals surface area contributed by atoms with Crippen molar-refractivity contribution in [1.29, 1.82) is 0 Å². The van der Waals surface area contributed by atoms with Crippen LogP contribution in [-0.4, -0.2) is 11.7 Å². The molecule has 0 radical (unpaired) electrons. The van der Waals surface area contributed by atoms with E-state index in [1.807, 2.05) is 24.3 Å². The highest BCUT2D eigenvalue weighted by Gasteiger charge is 2.51. The highest BCUT2D eigenvalue weighted by Crippen LogP contribution is 2.64. The molecule has 13 rings (SSSR count). The van der Waals surface area contributed by atoms with Crippen LogP contribution >= 0.6 is 0 Å². The van der Waals surface area contributed by atoms with Gasteiger partial charge in [0.1, 0.15) is 12.0 Å². The number of rotatable bonds is 6. The van der Waals surface area contributed by atoms with Gasteiger partial charge in [-0.25, -0.2) is 9.98 Å². The molecule has 1 atom stereocenters. The van der Waals surface area contributed by atoms with Gasteiger partial charge in [-0.2, -0.15) is 0 Å². The number of hydrogen-bond donors (Lipinski definition) is 1. The maximum Gasteiger partial charge on any atom is 0.159 e. The lowest BCUT2D eigenvalue weighted by Crippen LogP contribution is -2.36. The lowest BCUT2D eigenvalue weighted by molar-refractivity contribution is 0.674. The molecule has 0 aromatic heterocycles. The minimum atomic E-state index is -0.516. The van der Waals surface area contributed by atoms with Gasteiger partial charge in [0.05, 0.1) is 16.8 Å². The molecule has 310 valence electrons. The van der Waals surface area contributed by atoms with Gasteiger partial charge in [-0.15, -0.1) is 0 Å². The zero-order valence-electron chi connectivity index (χ0n) is 36.0. The second kappa shape index (κ2) is 15.3. The Labute approximate surface area is 384 Å². The Kier molecular flexibility index (Phi) is 8.78. The number of fused-ring (bicyclic) bond motifs is 10. The molecule has 1 aliphatic carbocycles. The molecule has 0 saturated heterocycles. The highest BCUT2D eigenvalue weighted by atomic mass is 15.2. The van der Waals surface area contributed by atoms with Gasteiger partial charge in [0, 0.05) is 16.8 Å². The maximum atomic E-state index is 5.08. The van der Waals surface area contributed by atoms with Gasteiger partial charge < -0.3 is 10.2 Å². The smallest absolute Gasteiger partial charge is 0.159 e. The third kappa shape index (κ3) is 5.99. The second-order valence-corrected chi connectivity index (χ2v) is 17.4. The molecule has 2 aliphatic heterocycles. The molecule has 4 nitrogen and oxygen atoms in total. The predicted molar refractivity (Wildman–Crippen MR) is 272 cm³/mol. The van der Waals surface area contributed by atoms with Gasteiger partial charge in [0.2, 0.25) is 0 Å². The van der Waals surface area contributed by atoms with Crippen LogP contribution in [0.5, 0.6) is 0 Å². The number of aliphatic imine (C=N–C) groups is 2. The lowest BCUT2D eigenvalue weighted by Gasteiger charge is -2.45. The quantitative estimate of drug-likeness (QED) is 0.181. The summed E-state index contributed by atoms with van der Waals surface area (Å²) in [6, 6.07) is 87.9. The summed E-state index contributed by atoms with van der Waals surface area (Å²) in [6.07, 6.45) is -0.238. The van der Waals surface area contributed by atoms with E-state index in [9.17, 15) is 0 Å². The SMILES string of the molecule is c1ccc(C2=NC(c3ccc(-c4ccc(-c5ccc6c(c5)-c5cc7ccccc7cc5C65c6ccccc6N(c6ccccc6)c6ccccc65)cc4)cc3)=NC(c3ccccc3)N2)cc1. The molecule has 10 aromatic rings. The Hall–Kier alpha value is -8.60. The van der Waals surface area contributed by atoms with E-state index in [-0.39, 0.29) is 6.17 Å². The van der Waals surface area contributed by atoms with Crippen LogP contribution in [0.4, 0.5) is 17.1 Å². The molecule has 0 amide bonds. The van der Waals surface area contributed by atoms with Crippen molar-refractivity contribution >= 4 is 39.5 Å². The molecule has 3 aliphatic rings. The van der Waals surface area contributed by atoms with Gasteiger partial charge in [0.25, 0.3) is 0 Å². The van der Waals surface area contributed by atoms with Crippen LogP contribution in [0.3, 0.4) is 0 Å². The number of para-hydroxylation sites is 3. The summed E-state index contributed by atoms with van der Waals surface area (Å²) in [4.78, 5) is 12.5. The molecule has 1 spiro atoms. The van der Waals surface area contributed by atoms with E-state index in [1.165, 1.54) is 66.7 Å². The number of hydrogen-bond acceptors (Lipinski definition) is 4. The Bertz CT molecular complexity index is 3490. The molecule has 0 saturated carbocycles. The van der Waals surface area contributed by atoms with Crippen LogP contribution in [0.25, 0.3) is 44.2 Å².